The van der Waals surface area contributed by atoms with E-state index in [1.54, 1.807) is 4.57 Å². The zero-order valence-corrected chi connectivity index (χ0v) is 14.8. The SMILES string of the molecule is Cc1cccc(-c2n[nH]c(=S)n2CC(=O)Nc2ccc(F)c(Cl)c2)c1. The van der Waals surface area contributed by atoms with Gasteiger partial charge in [-0.15, -0.1) is 0 Å². The molecule has 5 nitrogen and oxygen atoms in total. The van der Waals surface area contributed by atoms with E-state index in [2.05, 4.69) is 15.5 Å². The molecule has 1 amide bonds. The normalized spacial score (nSPS) is 10.7. The Labute approximate surface area is 153 Å². The van der Waals surface area contributed by atoms with Crippen molar-refractivity contribution in [3.8, 4) is 11.4 Å². The van der Waals surface area contributed by atoms with Crippen molar-refractivity contribution in [2.24, 2.45) is 0 Å². The highest BCUT2D eigenvalue weighted by atomic mass is 35.5. The van der Waals surface area contributed by atoms with Crippen LogP contribution in [0.3, 0.4) is 0 Å². The van der Waals surface area contributed by atoms with Crippen LogP contribution in [-0.2, 0) is 11.3 Å². The summed E-state index contributed by atoms with van der Waals surface area (Å²) in [6.45, 7) is 1.94. The van der Waals surface area contributed by atoms with Crippen molar-refractivity contribution in [3.63, 3.8) is 0 Å². The minimum atomic E-state index is -0.543. The highest BCUT2D eigenvalue weighted by Crippen LogP contribution is 2.21. The van der Waals surface area contributed by atoms with E-state index in [1.807, 2.05) is 31.2 Å². The van der Waals surface area contributed by atoms with Crippen molar-refractivity contribution >= 4 is 35.4 Å². The van der Waals surface area contributed by atoms with Crippen molar-refractivity contribution < 1.29 is 9.18 Å². The topological polar surface area (TPSA) is 62.7 Å². The fourth-order valence-corrected chi connectivity index (χ4v) is 2.76. The van der Waals surface area contributed by atoms with E-state index < -0.39 is 5.82 Å². The first-order valence-corrected chi connectivity index (χ1v) is 8.20. The number of aromatic nitrogens is 3. The first-order chi connectivity index (χ1) is 11.9. The Morgan fingerprint density at radius 3 is 2.88 bits per heavy atom. The molecule has 2 N–H and O–H groups in total. The molecule has 8 heteroatoms. The molecule has 1 aromatic heterocycles. The van der Waals surface area contributed by atoms with Gasteiger partial charge in [-0.25, -0.2) is 4.39 Å². The highest BCUT2D eigenvalue weighted by Gasteiger charge is 2.13. The molecule has 128 valence electrons. The summed E-state index contributed by atoms with van der Waals surface area (Å²) in [6, 6.07) is 11.7. The van der Waals surface area contributed by atoms with Crippen molar-refractivity contribution in [3.05, 3.63) is 63.6 Å². The molecule has 0 saturated heterocycles. The summed E-state index contributed by atoms with van der Waals surface area (Å²) in [5.41, 5.74) is 2.33. The zero-order chi connectivity index (χ0) is 18.0. The summed E-state index contributed by atoms with van der Waals surface area (Å²) >= 11 is 10.9. The van der Waals surface area contributed by atoms with Crippen LogP contribution < -0.4 is 5.32 Å². The largest absolute Gasteiger partial charge is 0.324 e. The number of nitrogens with zero attached hydrogens (tertiary/aromatic N) is 2. The smallest absolute Gasteiger partial charge is 0.244 e. The van der Waals surface area contributed by atoms with Gasteiger partial charge in [0, 0.05) is 11.3 Å². The average Bonchev–Trinajstić information content (AvgIpc) is 2.92. The molecule has 0 saturated carbocycles. The fourth-order valence-electron chi connectivity index (χ4n) is 2.39. The number of rotatable bonds is 4. The van der Waals surface area contributed by atoms with Gasteiger partial charge in [-0.3, -0.25) is 14.5 Å². The molecule has 1 heterocycles. The maximum Gasteiger partial charge on any atom is 0.244 e. The summed E-state index contributed by atoms with van der Waals surface area (Å²) in [5, 5.41) is 9.52. The van der Waals surface area contributed by atoms with Crippen LogP contribution in [-0.4, -0.2) is 20.7 Å². The molecule has 0 aliphatic rings. The zero-order valence-electron chi connectivity index (χ0n) is 13.2. The van der Waals surface area contributed by atoms with Gasteiger partial charge in [-0.1, -0.05) is 35.4 Å². The van der Waals surface area contributed by atoms with Gasteiger partial charge in [0.1, 0.15) is 12.4 Å². The number of aryl methyl sites for hydroxylation is 1. The molecular formula is C17H14ClFN4OS. The maximum absolute atomic E-state index is 13.2. The van der Waals surface area contributed by atoms with E-state index in [9.17, 15) is 9.18 Å². The minimum Gasteiger partial charge on any atom is -0.324 e. The first kappa shape index (κ1) is 17.3. The maximum atomic E-state index is 13.2. The van der Waals surface area contributed by atoms with Gasteiger partial charge < -0.3 is 5.32 Å². The van der Waals surface area contributed by atoms with E-state index in [-0.39, 0.29) is 17.5 Å². The van der Waals surface area contributed by atoms with E-state index in [0.717, 1.165) is 11.1 Å². The van der Waals surface area contributed by atoms with Crippen molar-refractivity contribution in [1.29, 1.82) is 0 Å². The van der Waals surface area contributed by atoms with Crippen LogP contribution in [0, 0.1) is 17.5 Å². The molecule has 0 radical (unpaired) electrons. The lowest BCUT2D eigenvalue weighted by atomic mass is 10.1. The Morgan fingerprint density at radius 1 is 1.36 bits per heavy atom. The second-order valence-corrected chi connectivity index (χ2v) is 6.28. The van der Waals surface area contributed by atoms with Crippen LogP contribution in [0.5, 0.6) is 0 Å². The molecule has 25 heavy (non-hydrogen) atoms. The molecule has 0 aliphatic heterocycles. The lowest BCUT2D eigenvalue weighted by Crippen LogP contribution is -2.19. The van der Waals surface area contributed by atoms with E-state index in [0.29, 0.717) is 16.3 Å². The molecule has 0 atom stereocenters. The molecule has 3 rings (SSSR count). The summed E-state index contributed by atoms with van der Waals surface area (Å²) in [6.07, 6.45) is 0. The number of hydrogen-bond donors (Lipinski definition) is 2. The van der Waals surface area contributed by atoms with E-state index in [4.69, 9.17) is 23.8 Å². The third-order valence-corrected chi connectivity index (χ3v) is 4.14. The summed E-state index contributed by atoms with van der Waals surface area (Å²) in [4.78, 5) is 12.3. The number of benzene rings is 2. The van der Waals surface area contributed by atoms with Crippen molar-refractivity contribution in [2.75, 3.05) is 5.32 Å². The van der Waals surface area contributed by atoms with Crippen LogP contribution in [0.2, 0.25) is 5.02 Å². The predicted octanol–water partition coefficient (Wildman–Crippen LogP) is 4.35. The predicted molar refractivity (Wildman–Crippen MR) is 97.6 cm³/mol. The second-order valence-electron chi connectivity index (χ2n) is 5.49. The Balaban J connectivity index is 1.83. The average molecular weight is 377 g/mol. The Bertz CT molecular complexity index is 998. The summed E-state index contributed by atoms with van der Waals surface area (Å²) in [7, 11) is 0. The number of nitrogens with one attached hydrogen (secondary N) is 2. The molecular weight excluding hydrogens is 363 g/mol. The lowest BCUT2D eigenvalue weighted by Gasteiger charge is -2.09. The number of H-pyrrole nitrogens is 1. The number of anilines is 1. The van der Waals surface area contributed by atoms with Gasteiger partial charge >= 0.3 is 0 Å². The molecule has 2 aromatic carbocycles. The Kier molecular flexibility index (Phi) is 4.96. The monoisotopic (exact) mass is 376 g/mol. The lowest BCUT2D eigenvalue weighted by molar-refractivity contribution is -0.116. The third kappa shape index (κ3) is 3.94. The molecule has 0 aliphatic carbocycles. The molecule has 0 spiro atoms. The molecule has 0 fully saturated rings. The molecule has 0 unspecified atom stereocenters. The van der Waals surface area contributed by atoms with Crippen LogP contribution in [0.1, 0.15) is 5.56 Å². The third-order valence-electron chi connectivity index (χ3n) is 3.54. The van der Waals surface area contributed by atoms with Gasteiger partial charge in [0.15, 0.2) is 10.6 Å². The number of hydrogen-bond acceptors (Lipinski definition) is 3. The van der Waals surface area contributed by atoms with Gasteiger partial charge in [0.25, 0.3) is 0 Å². The Morgan fingerprint density at radius 2 is 2.16 bits per heavy atom. The number of halogens is 2. The number of amides is 1. The van der Waals surface area contributed by atoms with Crippen LogP contribution in [0.25, 0.3) is 11.4 Å². The van der Waals surface area contributed by atoms with Gasteiger partial charge in [-0.05, 0) is 43.4 Å². The number of carbonyl (C=O) groups excluding carboxylic acids is 1. The second kappa shape index (κ2) is 7.16. The van der Waals surface area contributed by atoms with Crippen molar-refractivity contribution in [1.82, 2.24) is 14.8 Å². The molecule has 0 bridgehead atoms. The summed E-state index contributed by atoms with van der Waals surface area (Å²) in [5.74, 6) is -0.298. The number of aromatic amines is 1. The van der Waals surface area contributed by atoms with Crippen LogP contribution in [0.15, 0.2) is 42.5 Å². The van der Waals surface area contributed by atoms with Crippen LogP contribution in [0.4, 0.5) is 10.1 Å². The van der Waals surface area contributed by atoms with E-state index in [1.165, 1.54) is 18.2 Å². The fraction of sp³-hybridized carbons (Fsp3) is 0.118. The quantitative estimate of drug-likeness (QED) is 0.665. The van der Waals surface area contributed by atoms with Gasteiger partial charge in [0.2, 0.25) is 5.91 Å². The van der Waals surface area contributed by atoms with E-state index >= 15 is 0 Å². The van der Waals surface area contributed by atoms with Crippen molar-refractivity contribution in [2.45, 2.75) is 13.5 Å². The Hall–Kier alpha value is -2.51. The first-order valence-electron chi connectivity index (χ1n) is 7.41. The summed E-state index contributed by atoms with van der Waals surface area (Å²) < 4.78 is 15.1. The molecule has 3 aromatic rings. The van der Waals surface area contributed by atoms with Gasteiger partial charge in [-0.2, -0.15) is 5.10 Å². The van der Waals surface area contributed by atoms with Gasteiger partial charge in [0.05, 0.1) is 5.02 Å². The standard InChI is InChI=1S/C17H14ClFN4OS/c1-10-3-2-4-11(7-10)16-21-22-17(25)23(16)9-15(24)20-12-5-6-14(19)13(18)8-12/h2-8H,9H2,1H3,(H,20,24)(H,22,25). The van der Waals surface area contributed by atoms with Crippen LogP contribution >= 0.6 is 23.8 Å². The minimum absolute atomic E-state index is 0.0341. The number of carbonyl (C=O) groups is 1. The highest BCUT2D eigenvalue weighted by molar-refractivity contribution is 7.71.